The second-order valence-corrected chi connectivity index (χ2v) is 5.21. The number of hydrogen-bond acceptors (Lipinski definition) is 2. The molecule has 1 saturated heterocycles. The fourth-order valence-corrected chi connectivity index (χ4v) is 2.63. The van der Waals surface area contributed by atoms with Crippen LogP contribution in [0.15, 0.2) is 0 Å². The molecule has 1 fully saturated rings. The van der Waals surface area contributed by atoms with Crippen molar-refractivity contribution in [3.05, 3.63) is 0 Å². The summed E-state index contributed by atoms with van der Waals surface area (Å²) < 4.78 is 1.84. The van der Waals surface area contributed by atoms with E-state index in [1.807, 2.05) is 4.57 Å². The van der Waals surface area contributed by atoms with Gasteiger partial charge in [-0.05, 0) is 19.3 Å². The molecule has 0 spiro atoms. The molecule has 1 aliphatic heterocycles. The van der Waals surface area contributed by atoms with E-state index in [-0.39, 0.29) is 17.9 Å². The molecular weight excluding hydrogens is 208 g/mol. The lowest BCUT2D eigenvalue weighted by atomic mass is 10.1. The largest absolute Gasteiger partial charge is 0.376 e. The van der Waals surface area contributed by atoms with E-state index in [2.05, 4.69) is 12.2 Å². The van der Waals surface area contributed by atoms with E-state index in [0.29, 0.717) is 6.42 Å². The van der Waals surface area contributed by atoms with Gasteiger partial charge in [0.25, 0.3) is 0 Å². The van der Waals surface area contributed by atoms with Crippen molar-refractivity contribution in [2.45, 2.75) is 45.1 Å². The topological polar surface area (TPSA) is 49.4 Å². The zero-order valence-corrected chi connectivity index (χ0v) is 11.6. The van der Waals surface area contributed by atoms with E-state index >= 15 is 0 Å². The van der Waals surface area contributed by atoms with E-state index in [9.17, 15) is 9.59 Å². The van der Waals surface area contributed by atoms with E-state index in [1.165, 1.54) is 0 Å². The second-order valence-electron chi connectivity index (χ2n) is 4.13. The summed E-state index contributed by atoms with van der Waals surface area (Å²) in [5.41, 5.74) is 0. The maximum absolute atomic E-state index is 11.9. The number of nitrogens with one attached hydrogen (secondary N) is 1. The molecule has 15 heavy (non-hydrogen) atoms. The molecule has 1 N–H and O–H groups in total. The minimum absolute atomic E-state index is 0.0254. The molecule has 0 aromatic heterocycles. The van der Waals surface area contributed by atoms with Crippen molar-refractivity contribution in [1.82, 2.24) is 9.88 Å². The molecule has 1 heterocycles. The Hall–Kier alpha value is -0.843. The van der Waals surface area contributed by atoms with Crippen LogP contribution in [-0.4, -0.2) is 39.4 Å². The SMILES string of the molecule is CCCN([SiH3])C(=O)C1CCCCC(=O)N1. The standard InChI is InChI=1S/C10H20N2O2Si/c1-2-7-12(15)10(14)8-5-3-4-6-9(13)11-8/h8H,2-7H2,1,15H3,(H,11,13). The van der Waals surface area contributed by atoms with Gasteiger partial charge in [-0.3, -0.25) is 9.59 Å². The van der Waals surface area contributed by atoms with Crippen molar-refractivity contribution in [2.75, 3.05) is 6.54 Å². The van der Waals surface area contributed by atoms with Crippen LogP contribution in [0.3, 0.4) is 0 Å². The quantitative estimate of drug-likeness (QED) is 0.666. The van der Waals surface area contributed by atoms with Gasteiger partial charge in [0.1, 0.15) is 16.4 Å². The van der Waals surface area contributed by atoms with Crippen molar-refractivity contribution >= 4 is 22.2 Å². The molecule has 0 aliphatic carbocycles. The molecule has 5 heteroatoms. The predicted molar refractivity (Wildman–Crippen MR) is 62.3 cm³/mol. The maximum atomic E-state index is 11.9. The van der Waals surface area contributed by atoms with Crippen LogP contribution in [0.25, 0.3) is 0 Å². The van der Waals surface area contributed by atoms with Crippen molar-refractivity contribution in [3.8, 4) is 0 Å². The second kappa shape index (κ2) is 5.90. The zero-order valence-electron chi connectivity index (χ0n) is 9.58. The average Bonchev–Trinajstić information content (AvgIpc) is 2.42. The van der Waals surface area contributed by atoms with Gasteiger partial charge in [-0.15, -0.1) is 0 Å². The van der Waals surface area contributed by atoms with E-state index in [4.69, 9.17) is 0 Å². The van der Waals surface area contributed by atoms with Crippen LogP contribution in [0.1, 0.15) is 39.0 Å². The van der Waals surface area contributed by atoms with Gasteiger partial charge < -0.3 is 9.88 Å². The smallest absolute Gasteiger partial charge is 0.236 e. The van der Waals surface area contributed by atoms with Gasteiger partial charge in [-0.25, -0.2) is 0 Å². The molecule has 1 rings (SSSR count). The Bertz CT molecular complexity index is 246. The Balaban J connectivity index is 2.53. The number of rotatable bonds is 3. The summed E-state index contributed by atoms with van der Waals surface area (Å²) in [6, 6.07) is -0.260. The fourth-order valence-electron chi connectivity index (χ4n) is 1.87. The van der Waals surface area contributed by atoms with E-state index < -0.39 is 0 Å². The number of nitrogens with zero attached hydrogens (tertiary/aromatic N) is 1. The van der Waals surface area contributed by atoms with E-state index in [1.54, 1.807) is 0 Å². The number of carbonyl (C=O) groups excluding carboxylic acids is 2. The van der Waals surface area contributed by atoms with Gasteiger partial charge in [-0.2, -0.15) is 0 Å². The average molecular weight is 228 g/mol. The van der Waals surface area contributed by atoms with Crippen molar-refractivity contribution in [2.24, 2.45) is 0 Å². The molecule has 4 nitrogen and oxygen atoms in total. The molecule has 86 valence electrons. The lowest BCUT2D eigenvalue weighted by Gasteiger charge is -2.23. The van der Waals surface area contributed by atoms with Gasteiger partial charge in [0.05, 0.1) is 0 Å². The van der Waals surface area contributed by atoms with Gasteiger partial charge >= 0.3 is 0 Å². The monoisotopic (exact) mass is 228 g/mol. The van der Waals surface area contributed by atoms with Gasteiger partial charge in [0.2, 0.25) is 11.8 Å². The molecule has 0 aromatic carbocycles. The van der Waals surface area contributed by atoms with E-state index in [0.717, 1.165) is 42.6 Å². The third-order valence-electron chi connectivity index (χ3n) is 2.72. The first-order chi connectivity index (χ1) is 7.15. The lowest BCUT2D eigenvalue weighted by Crippen LogP contribution is -2.47. The minimum Gasteiger partial charge on any atom is -0.376 e. The van der Waals surface area contributed by atoms with Crippen molar-refractivity contribution in [3.63, 3.8) is 0 Å². The highest BCUT2D eigenvalue weighted by atomic mass is 28.2. The lowest BCUT2D eigenvalue weighted by molar-refractivity contribution is -0.132. The molecule has 1 aliphatic rings. The van der Waals surface area contributed by atoms with Crippen molar-refractivity contribution < 1.29 is 9.59 Å². The Morgan fingerprint density at radius 1 is 1.60 bits per heavy atom. The first kappa shape index (κ1) is 12.2. The highest BCUT2D eigenvalue weighted by molar-refractivity contribution is 6.15. The van der Waals surface area contributed by atoms with Crippen LogP contribution in [0.2, 0.25) is 0 Å². The maximum Gasteiger partial charge on any atom is 0.236 e. The first-order valence-corrected chi connectivity index (χ1v) is 6.59. The summed E-state index contributed by atoms with van der Waals surface area (Å²) in [6.45, 7) is 2.88. The Morgan fingerprint density at radius 3 is 3.00 bits per heavy atom. The number of carbonyl (C=O) groups is 2. The van der Waals surface area contributed by atoms with Crippen LogP contribution < -0.4 is 5.32 Å². The minimum atomic E-state index is -0.260. The van der Waals surface area contributed by atoms with Crippen LogP contribution in [-0.2, 0) is 9.59 Å². The zero-order chi connectivity index (χ0) is 11.3. The molecule has 0 aromatic rings. The summed E-state index contributed by atoms with van der Waals surface area (Å²) in [5, 5.41) is 2.81. The molecule has 0 saturated carbocycles. The van der Waals surface area contributed by atoms with Gasteiger partial charge in [0, 0.05) is 13.0 Å². The van der Waals surface area contributed by atoms with Crippen LogP contribution >= 0.6 is 0 Å². The first-order valence-electron chi connectivity index (χ1n) is 5.69. The van der Waals surface area contributed by atoms with Crippen molar-refractivity contribution in [1.29, 1.82) is 0 Å². The molecule has 2 amide bonds. The summed E-state index contributed by atoms with van der Waals surface area (Å²) >= 11 is 0. The highest BCUT2D eigenvalue weighted by Crippen LogP contribution is 2.11. The summed E-state index contributed by atoms with van der Waals surface area (Å²) in [7, 11) is 0.741. The van der Waals surface area contributed by atoms with Gasteiger partial charge in [0.15, 0.2) is 0 Å². The summed E-state index contributed by atoms with van der Waals surface area (Å²) in [4.78, 5) is 23.2. The highest BCUT2D eigenvalue weighted by Gasteiger charge is 2.24. The number of hydrogen-bond donors (Lipinski definition) is 1. The molecule has 0 radical (unpaired) electrons. The molecular formula is C10H20N2O2Si. The molecule has 1 atom stereocenters. The third kappa shape index (κ3) is 3.66. The summed E-state index contributed by atoms with van der Waals surface area (Å²) in [5.74, 6) is 0.135. The third-order valence-corrected chi connectivity index (χ3v) is 3.60. The van der Waals surface area contributed by atoms with Crippen LogP contribution in [0.4, 0.5) is 0 Å². The predicted octanol–water partition coefficient (Wildman–Crippen LogP) is -0.436. The van der Waals surface area contributed by atoms with Crippen LogP contribution in [0.5, 0.6) is 0 Å². The number of amides is 2. The molecule has 0 bridgehead atoms. The summed E-state index contributed by atoms with van der Waals surface area (Å²) in [6.07, 6.45) is 4.23. The Morgan fingerprint density at radius 2 is 2.33 bits per heavy atom. The van der Waals surface area contributed by atoms with Gasteiger partial charge in [-0.1, -0.05) is 13.3 Å². The fraction of sp³-hybridized carbons (Fsp3) is 0.800. The normalized spacial score (nSPS) is 21.9. The molecule has 1 unspecified atom stereocenters. The Kier molecular flexibility index (Phi) is 4.81. The van der Waals surface area contributed by atoms with Crippen LogP contribution in [0, 0.1) is 0 Å². The Labute approximate surface area is 93.9 Å².